The van der Waals surface area contributed by atoms with Crippen LogP contribution in [-0.2, 0) is 19.1 Å². The molecule has 6 heteroatoms. The molecule has 0 aromatic rings. The van der Waals surface area contributed by atoms with Crippen LogP contribution in [0.4, 0.5) is 0 Å². The van der Waals surface area contributed by atoms with Crippen LogP contribution in [0.2, 0.25) is 0 Å². The Kier molecular flexibility index (Phi) is 28.8. The second-order valence-corrected chi connectivity index (χ2v) is 11.2. The molecule has 0 rings (SSSR count). The van der Waals surface area contributed by atoms with Gasteiger partial charge in [0.2, 0.25) is 0 Å². The van der Waals surface area contributed by atoms with Crippen molar-refractivity contribution in [3.8, 4) is 0 Å². The molecule has 0 bridgehead atoms. The predicted molar refractivity (Wildman–Crippen MR) is 179 cm³/mol. The van der Waals surface area contributed by atoms with Crippen molar-refractivity contribution in [1.82, 2.24) is 0 Å². The Morgan fingerprint density at radius 2 is 1.35 bits per heavy atom. The van der Waals surface area contributed by atoms with Gasteiger partial charge in [0.1, 0.15) is 6.61 Å². The number of hydrogen-bond acceptors (Lipinski definition) is 6. The third-order valence-electron chi connectivity index (χ3n) is 6.54. The maximum absolute atomic E-state index is 12.1. The van der Waals surface area contributed by atoms with Crippen molar-refractivity contribution < 1.29 is 29.3 Å². The fourth-order valence-corrected chi connectivity index (χ4v) is 4.02. The molecule has 1 unspecified atom stereocenters. The van der Waals surface area contributed by atoms with Crippen molar-refractivity contribution in [3.63, 3.8) is 0 Å². The number of unbranched alkanes of at least 4 members (excludes halogenated alkanes) is 5. The molecule has 0 heterocycles. The summed E-state index contributed by atoms with van der Waals surface area (Å²) in [5.41, 5.74) is 0. The van der Waals surface area contributed by atoms with Crippen LogP contribution < -0.4 is 0 Å². The fourth-order valence-electron chi connectivity index (χ4n) is 4.02. The van der Waals surface area contributed by atoms with Gasteiger partial charge in [0.25, 0.3) is 0 Å². The van der Waals surface area contributed by atoms with Crippen molar-refractivity contribution in [2.24, 2.45) is 5.92 Å². The zero-order chi connectivity index (χ0) is 31.8. The normalized spacial score (nSPS) is 14.0. The van der Waals surface area contributed by atoms with E-state index in [1.165, 1.54) is 25.7 Å². The Morgan fingerprint density at radius 3 is 2.00 bits per heavy atom. The number of rotatable bonds is 27. The summed E-state index contributed by atoms with van der Waals surface area (Å²) in [4.78, 5) is 24.0. The molecule has 0 aromatic carbocycles. The maximum atomic E-state index is 12.1. The Bertz CT molecular complexity index is 849. The van der Waals surface area contributed by atoms with Gasteiger partial charge in [-0.1, -0.05) is 132 Å². The number of carbonyl (C=O) groups excluding carboxylic acids is 2. The molecular weight excluding hydrogens is 540 g/mol. The first kappa shape index (κ1) is 40.3. The first-order valence-corrected chi connectivity index (χ1v) is 16.5. The van der Waals surface area contributed by atoms with Crippen molar-refractivity contribution in [2.75, 3.05) is 13.2 Å². The van der Waals surface area contributed by atoms with Crippen LogP contribution in [0.15, 0.2) is 72.9 Å². The lowest BCUT2D eigenvalue weighted by Gasteiger charge is -2.15. The summed E-state index contributed by atoms with van der Waals surface area (Å²) < 4.78 is 10.4. The van der Waals surface area contributed by atoms with Gasteiger partial charge >= 0.3 is 11.9 Å². The zero-order valence-corrected chi connectivity index (χ0v) is 27.2. The summed E-state index contributed by atoms with van der Waals surface area (Å²) in [6.07, 6.45) is 36.0. The number of aliphatic hydroxyl groups excluding tert-OH is 2. The average molecular weight is 601 g/mol. The molecule has 0 saturated heterocycles. The molecule has 0 radical (unpaired) electrons. The third kappa shape index (κ3) is 30.6. The largest absolute Gasteiger partial charge is 0.462 e. The summed E-state index contributed by atoms with van der Waals surface area (Å²) in [6, 6.07) is 0. The molecule has 0 aliphatic heterocycles. The number of hydrogen-bond donors (Lipinski definition) is 2. The van der Waals surface area contributed by atoms with Gasteiger partial charge in [0.15, 0.2) is 6.10 Å². The number of esters is 2. The van der Waals surface area contributed by atoms with Gasteiger partial charge in [0, 0.05) is 12.8 Å². The number of ether oxygens (including phenoxy) is 2. The number of allylic oxidation sites excluding steroid dienone is 10. The SMILES string of the molecule is CC/C=C\CC(O)/C=C/C=C/C/C=C\C/C=C\C/C=C\CCC(=O)O[C@@H](CO)COC(=O)CCCCCCCCC(C)C. The van der Waals surface area contributed by atoms with Gasteiger partial charge in [-0.3, -0.25) is 9.59 Å². The molecule has 6 nitrogen and oxygen atoms in total. The molecular formula is C37H60O6. The van der Waals surface area contributed by atoms with E-state index in [4.69, 9.17) is 9.47 Å². The highest BCUT2D eigenvalue weighted by molar-refractivity contribution is 5.70. The highest BCUT2D eigenvalue weighted by Gasteiger charge is 2.15. The van der Waals surface area contributed by atoms with E-state index in [1.54, 1.807) is 6.08 Å². The highest BCUT2D eigenvalue weighted by Crippen LogP contribution is 2.12. The molecule has 43 heavy (non-hydrogen) atoms. The third-order valence-corrected chi connectivity index (χ3v) is 6.54. The molecule has 0 amide bonds. The lowest BCUT2D eigenvalue weighted by molar-refractivity contribution is -0.161. The fraction of sp³-hybridized carbons (Fsp3) is 0.622. The first-order valence-electron chi connectivity index (χ1n) is 16.5. The maximum Gasteiger partial charge on any atom is 0.306 e. The molecule has 0 aromatic heterocycles. The van der Waals surface area contributed by atoms with Crippen LogP contribution >= 0.6 is 0 Å². The second kappa shape index (κ2) is 30.7. The lowest BCUT2D eigenvalue weighted by Crippen LogP contribution is -2.28. The van der Waals surface area contributed by atoms with Gasteiger partial charge in [-0.2, -0.15) is 0 Å². The topological polar surface area (TPSA) is 93.1 Å². The summed E-state index contributed by atoms with van der Waals surface area (Å²) in [5, 5.41) is 19.2. The molecule has 2 N–H and O–H groups in total. The van der Waals surface area contributed by atoms with E-state index in [-0.39, 0.29) is 25.6 Å². The van der Waals surface area contributed by atoms with Crippen LogP contribution in [0.25, 0.3) is 0 Å². The monoisotopic (exact) mass is 600 g/mol. The molecule has 0 fully saturated rings. The summed E-state index contributed by atoms with van der Waals surface area (Å²) >= 11 is 0. The van der Waals surface area contributed by atoms with Crippen LogP contribution in [-0.4, -0.2) is 47.6 Å². The van der Waals surface area contributed by atoms with Gasteiger partial charge in [-0.25, -0.2) is 0 Å². The van der Waals surface area contributed by atoms with E-state index in [0.717, 1.165) is 50.9 Å². The van der Waals surface area contributed by atoms with E-state index >= 15 is 0 Å². The van der Waals surface area contributed by atoms with Crippen LogP contribution in [0.1, 0.15) is 117 Å². The van der Waals surface area contributed by atoms with Gasteiger partial charge in [0.05, 0.1) is 12.7 Å². The Morgan fingerprint density at radius 1 is 0.721 bits per heavy atom. The van der Waals surface area contributed by atoms with Crippen LogP contribution in [0, 0.1) is 5.92 Å². The molecule has 0 aliphatic carbocycles. The average Bonchev–Trinajstić information content (AvgIpc) is 2.98. The number of carbonyl (C=O) groups is 2. The van der Waals surface area contributed by atoms with E-state index in [1.807, 2.05) is 36.5 Å². The van der Waals surface area contributed by atoms with Gasteiger partial charge < -0.3 is 19.7 Å². The molecule has 0 saturated carbocycles. The Balaban J connectivity index is 3.85. The van der Waals surface area contributed by atoms with Gasteiger partial charge in [-0.05, 0) is 50.9 Å². The highest BCUT2D eigenvalue weighted by atomic mass is 16.6. The van der Waals surface area contributed by atoms with E-state index in [2.05, 4.69) is 51.2 Å². The zero-order valence-electron chi connectivity index (χ0n) is 27.2. The molecule has 0 spiro atoms. The Labute approximate surface area is 262 Å². The summed E-state index contributed by atoms with van der Waals surface area (Å²) in [7, 11) is 0. The standard InChI is InChI=1S/C37H60O6/c1-4-5-21-27-34(39)28-23-18-13-11-9-7-6-8-10-12-14-20-25-30-37(41)43-35(31-38)32-42-36(40)29-24-19-16-15-17-22-26-33(2)3/h5,7-10,13-14,18,20-21,23,28,33-35,38-39H,4,6,11-12,15-17,19,22,24-27,29-32H2,1-3H3/b9-7-,10-8-,18-13+,20-14-,21-5-,28-23+/t34?,35-/m0/s1. The molecule has 0 aliphatic rings. The molecule has 244 valence electrons. The minimum Gasteiger partial charge on any atom is -0.462 e. The summed E-state index contributed by atoms with van der Waals surface area (Å²) in [6.45, 7) is 6.08. The van der Waals surface area contributed by atoms with E-state index in [0.29, 0.717) is 19.3 Å². The predicted octanol–water partition coefficient (Wildman–Crippen LogP) is 8.66. The molecule has 2 atom stereocenters. The lowest BCUT2D eigenvalue weighted by atomic mass is 10.0. The minimum atomic E-state index is -0.824. The minimum absolute atomic E-state index is 0.111. The van der Waals surface area contributed by atoms with E-state index < -0.39 is 18.2 Å². The van der Waals surface area contributed by atoms with Crippen molar-refractivity contribution in [1.29, 1.82) is 0 Å². The quantitative estimate of drug-likeness (QED) is 0.0424. The first-order chi connectivity index (χ1) is 20.9. The number of aliphatic hydroxyl groups is 2. The van der Waals surface area contributed by atoms with Crippen molar-refractivity contribution in [2.45, 2.75) is 129 Å². The van der Waals surface area contributed by atoms with Crippen molar-refractivity contribution >= 4 is 11.9 Å². The van der Waals surface area contributed by atoms with Crippen LogP contribution in [0.5, 0.6) is 0 Å². The van der Waals surface area contributed by atoms with Gasteiger partial charge in [-0.15, -0.1) is 0 Å². The second-order valence-electron chi connectivity index (χ2n) is 11.2. The van der Waals surface area contributed by atoms with Crippen LogP contribution in [0.3, 0.4) is 0 Å². The Hall–Kier alpha value is -2.70. The summed E-state index contributed by atoms with van der Waals surface area (Å²) in [5.74, 6) is 0.0378. The van der Waals surface area contributed by atoms with E-state index in [9.17, 15) is 19.8 Å². The van der Waals surface area contributed by atoms with Crippen molar-refractivity contribution in [3.05, 3.63) is 72.9 Å². The smallest absolute Gasteiger partial charge is 0.306 e.